The van der Waals surface area contributed by atoms with E-state index >= 15 is 0 Å². The molecule has 86 valence electrons. The zero-order valence-electron chi connectivity index (χ0n) is 9.28. The number of hydrogen-bond acceptors (Lipinski definition) is 5. The third kappa shape index (κ3) is 2.14. The molecule has 2 fully saturated rings. The molecule has 3 atom stereocenters. The molecule has 0 radical (unpaired) electrons. The summed E-state index contributed by atoms with van der Waals surface area (Å²) in [7, 11) is 1.39. The van der Waals surface area contributed by atoms with E-state index in [1.165, 1.54) is 7.11 Å². The van der Waals surface area contributed by atoms with Crippen molar-refractivity contribution in [3.05, 3.63) is 0 Å². The van der Waals surface area contributed by atoms with Gasteiger partial charge in [-0.1, -0.05) is 0 Å². The summed E-state index contributed by atoms with van der Waals surface area (Å²) in [6.45, 7) is 4.41. The Hall–Kier alpha value is -0.650. The average molecular weight is 215 g/mol. The lowest BCUT2D eigenvalue weighted by Gasteiger charge is -2.28. The van der Waals surface area contributed by atoms with Crippen LogP contribution in [0.2, 0.25) is 0 Å². The number of carbonyl (C=O) groups excluding carboxylic acids is 1. The predicted molar refractivity (Wildman–Crippen MR) is 52.2 cm³/mol. The van der Waals surface area contributed by atoms with Crippen LogP contribution in [0.4, 0.5) is 0 Å². The van der Waals surface area contributed by atoms with E-state index in [0.29, 0.717) is 13.0 Å². The van der Waals surface area contributed by atoms with Crippen molar-refractivity contribution in [1.82, 2.24) is 5.32 Å². The Labute approximate surface area is 89.1 Å². The third-order valence-corrected chi connectivity index (χ3v) is 2.80. The largest absolute Gasteiger partial charge is 0.468 e. The van der Waals surface area contributed by atoms with E-state index in [1.807, 2.05) is 13.8 Å². The molecule has 5 heteroatoms. The molecule has 2 heterocycles. The zero-order valence-corrected chi connectivity index (χ0v) is 9.28. The highest BCUT2D eigenvalue weighted by Gasteiger charge is 2.45. The molecule has 0 amide bonds. The number of carbonyl (C=O) groups is 1. The van der Waals surface area contributed by atoms with Crippen LogP contribution in [-0.4, -0.2) is 43.7 Å². The maximum Gasteiger partial charge on any atom is 0.322 e. The first-order chi connectivity index (χ1) is 7.02. The molecule has 0 unspecified atom stereocenters. The Morgan fingerprint density at radius 2 is 2.07 bits per heavy atom. The average Bonchev–Trinajstić information content (AvgIpc) is 2.49. The highest BCUT2D eigenvalue weighted by Crippen LogP contribution is 2.32. The van der Waals surface area contributed by atoms with Crippen molar-refractivity contribution in [2.75, 3.05) is 13.7 Å². The van der Waals surface area contributed by atoms with Crippen molar-refractivity contribution < 1.29 is 19.0 Å². The summed E-state index contributed by atoms with van der Waals surface area (Å²) in [4.78, 5) is 11.3. The van der Waals surface area contributed by atoms with Gasteiger partial charge in [0.25, 0.3) is 0 Å². The van der Waals surface area contributed by atoms with E-state index in [9.17, 15) is 4.79 Å². The van der Waals surface area contributed by atoms with E-state index in [1.54, 1.807) is 0 Å². The minimum Gasteiger partial charge on any atom is -0.468 e. The molecular formula is C10H17NO4. The summed E-state index contributed by atoms with van der Waals surface area (Å²) in [6, 6.07) is -0.270. The van der Waals surface area contributed by atoms with Gasteiger partial charge in [0.1, 0.15) is 6.04 Å². The molecule has 0 aliphatic carbocycles. The maximum atomic E-state index is 11.3. The first-order valence-electron chi connectivity index (χ1n) is 5.19. The lowest BCUT2D eigenvalue weighted by molar-refractivity contribution is -0.148. The second kappa shape index (κ2) is 3.73. The third-order valence-electron chi connectivity index (χ3n) is 2.80. The van der Waals surface area contributed by atoms with Gasteiger partial charge in [0.2, 0.25) is 0 Å². The Morgan fingerprint density at radius 3 is 2.73 bits per heavy atom. The van der Waals surface area contributed by atoms with Gasteiger partial charge in [-0.05, 0) is 13.8 Å². The molecule has 0 aromatic heterocycles. The lowest BCUT2D eigenvalue weighted by atomic mass is 10.00. The standard InChI is InChI=1S/C10H17NO4/c1-10(2)14-7-4-6(9(12)13-3)11-5-8(7)15-10/h6-8,11H,4-5H2,1-3H3/t6-,7+,8+/m0/s1. The van der Waals surface area contributed by atoms with Crippen LogP contribution in [0, 0.1) is 0 Å². The van der Waals surface area contributed by atoms with Gasteiger partial charge in [0, 0.05) is 13.0 Å². The molecule has 0 saturated carbocycles. The minimum absolute atomic E-state index is 0.00894. The maximum absolute atomic E-state index is 11.3. The molecule has 0 aromatic carbocycles. The second-order valence-electron chi connectivity index (χ2n) is 4.43. The van der Waals surface area contributed by atoms with Gasteiger partial charge in [-0.25, -0.2) is 0 Å². The summed E-state index contributed by atoms with van der Waals surface area (Å²) in [5, 5.41) is 3.10. The van der Waals surface area contributed by atoms with Crippen LogP contribution in [0.5, 0.6) is 0 Å². The molecule has 2 aliphatic rings. The molecule has 2 saturated heterocycles. The number of fused-ring (bicyclic) bond motifs is 1. The van der Waals surface area contributed by atoms with Crippen LogP contribution in [0.15, 0.2) is 0 Å². The van der Waals surface area contributed by atoms with Gasteiger partial charge in [-0.2, -0.15) is 0 Å². The van der Waals surface area contributed by atoms with E-state index < -0.39 is 5.79 Å². The Morgan fingerprint density at radius 1 is 1.40 bits per heavy atom. The quantitative estimate of drug-likeness (QED) is 0.626. The highest BCUT2D eigenvalue weighted by atomic mass is 16.8. The topological polar surface area (TPSA) is 56.8 Å². The monoisotopic (exact) mass is 215 g/mol. The van der Waals surface area contributed by atoms with Gasteiger partial charge in [-0.3, -0.25) is 4.79 Å². The van der Waals surface area contributed by atoms with Crippen LogP contribution < -0.4 is 5.32 Å². The van der Waals surface area contributed by atoms with Crippen molar-refractivity contribution in [3.63, 3.8) is 0 Å². The Bertz CT molecular complexity index is 266. The normalized spacial score (nSPS) is 38.5. The van der Waals surface area contributed by atoms with Crippen molar-refractivity contribution in [2.24, 2.45) is 0 Å². The van der Waals surface area contributed by atoms with Gasteiger partial charge < -0.3 is 19.5 Å². The van der Waals surface area contributed by atoms with E-state index in [4.69, 9.17) is 14.2 Å². The van der Waals surface area contributed by atoms with Gasteiger partial charge in [-0.15, -0.1) is 0 Å². The Balaban J connectivity index is 1.98. The summed E-state index contributed by atoms with van der Waals surface area (Å²) < 4.78 is 16.1. The number of hydrogen-bond donors (Lipinski definition) is 1. The molecule has 0 bridgehead atoms. The van der Waals surface area contributed by atoms with Crippen molar-refractivity contribution in [3.8, 4) is 0 Å². The predicted octanol–water partition coefficient (Wildman–Crippen LogP) is 0.0414. The van der Waals surface area contributed by atoms with Gasteiger partial charge in [0.15, 0.2) is 5.79 Å². The summed E-state index contributed by atoms with van der Waals surface area (Å²) in [5.74, 6) is -0.774. The number of ether oxygens (including phenoxy) is 3. The van der Waals surface area contributed by atoms with Crippen LogP contribution in [0.25, 0.3) is 0 Å². The van der Waals surface area contributed by atoms with E-state index in [-0.39, 0.29) is 24.2 Å². The Kier molecular flexibility index (Phi) is 2.70. The minimum atomic E-state index is -0.540. The van der Waals surface area contributed by atoms with Gasteiger partial charge >= 0.3 is 5.97 Å². The van der Waals surface area contributed by atoms with Crippen LogP contribution in [0.3, 0.4) is 0 Å². The SMILES string of the molecule is COC(=O)[C@@H]1C[C@H]2OC(C)(C)O[C@@H]2CN1. The van der Waals surface area contributed by atoms with Crippen LogP contribution in [0.1, 0.15) is 20.3 Å². The van der Waals surface area contributed by atoms with Crippen molar-refractivity contribution >= 4 is 5.97 Å². The number of nitrogens with one attached hydrogen (secondary N) is 1. The van der Waals surface area contributed by atoms with E-state index in [0.717, 1.165) is 0 Å². The fraction of sp³-hybridized carbons (Fsp3) is 0.900. The summed E-state index contributed by atoms with van der Waals surface area (Å²) >= 11 is 0. The molecule has 2 aliphatic heterocycles. The van der Waals surface area contributed by atoms with Crippen LogP contribution >= 0.6 is 0 Å². The van der Waals surface area contributed by atoms with Crippen molar-refractivity contribution in [1.29, 1.82) is 0 Å². The van der Waals surface area contributed by atoms with Gasteiger partial charge in [0.05, 0.1) is 19.3 Å². The fourth-order valence-corrected chi connectivity index (χ4v) is 2.18. The molecule has 0 aromatic rings. The number of methoxy groups -OCH3 is 1. The smallest absolute Gasteiger partial charge is 0.322 e. The first-order valence-corrected chi connectivity index (χ1v) is 5.19. The summed E-state index contributed by atoms with van der Waals surface area (Å²) in [5.41, 5.74) is 0. The lowest BCUT2D eigenvalue weighted by Crippen LogP contribution is -2.52. The van der Waals surface area contributed by atoms with Crippen molar-refractivity contribution in [2.45, 2.75) is 44.3 Å². The molecule has 15 heavy (non-hydrogen) atoms. The summed E-state index contributed by atoms with van der Waals surface area (Å²) in [6.07, 6.45) is 0.645. The zero-order chi connectivity index (χ0) is 11.1. The number of rotatable bonds is 1. The molecule has 2 rings (SSSR count). The number of piperidine rings is 1. The second-order valence-corrected chi connectivity index (χ2v) is 4.43. The molecule has 5 nitrogen and oxygen atoms in total. The number of esters is 1. The first kappa shape index (κ1) is 10.9. The van der Waals surface area contributed by atoms with Crippen LogP contribution in [-0.2, 0) is 19.0 Å². The molecule has 1 N–H and O–H groups in total. The highest BCUT2D eigenvalue weighted by molar-refractivity contribution is 5.75. The molecular weight excluding hydrogens is 198 g/mol. The van der Waals surface area contributed by atoms with E-state index in [2.05, 4.69) is 5.32 Å². The molecule has 0 spiro atoms. The fourth-order valence-electron chi connectivity index (χ4n) is 2.18.